The van der Waals surface area contributed by atoms with Crippen molar-refractivity contribution in [2.24, 2.45) is 5.92 Å². The molecule has 2 aromatic rings. The summed E-state index contributed by atoms with van der Waals surface area (Å²) in [4.78, 5) is 15.0. The standard InChI is InChI=1S/C15H23N5S/c1-11(2)9-19-4-6-20(7-5-19)10-13-17-14(16)12-3-8-21-15(12)18-13/h3,8,11H,4-7,9-10H2,1-2H3,(H2,16,17,18). The van der Waals surface area contributed by atoms with Crippen LogP contribution in [0.15, 0.2) is 11.4 Å². The molecule has 0 aliphatic carbocycles. The van der Waals surface area contributed by atoms with Gasteiger partial charge in [-0.3, -0.25) is 4.90 Å². The van der Waals surface area contributed by atoms with Crippen LogP contribution in [0.1, 0.15) is 19.7 Å². The predicted molar refractivity (Wildman–Crippen MR) is 88.4 cm³/mol. The van der Waals surface area contributed by atoms with Crippen molar-refractivity contribution in [2.45, 2.75) is 20.4 Å². The van der Waals surface area contributed by atoms with Crippen LogP contribution in [0.5, 0.6) is 0 Å². The minimum absolute atomic E-state index is 0.606. The molecule has 21 heavy (non-hydrogen) atoms. The first kappa shape index (κ1) is 14.7. The van der Waals surface area contributed by atoms with Gasteiger partial charge in [-0.05, 0) is 17.4 Å². The maximum atomic E-state index is 6.01. The first-order valence-corrected chi connectivity index (χ1v) is 8.44. The Hall–Kier alpha value is -1.24. The largest absolute Gasteiger partial charge is 0.383 e. The molecular weight excluding hydrogens is 282 g/mol. The maximum Gasteiger partial charge on any atom is 0.146 e. The summed E-state index contributed by atoms with van der Waals surface area (Å²) in [5.74, 6) is 2.19. The quantitative estimate of drug-likeness (QED) is 0.937. The highest BCUT2D eigenvalue weighted by molar-refractivity contribution is 7.16. The molecule has 1 saturated heterocycles. The SMILES string of the molecule is CC(C)CN1CCN(Cc2nc(N)c3ccsc3n2)CC1. The molecule has 2 N–H and O–H groups in total. The number of thiophene rings is 1. The number of nitrogen functional groups attached to an aromatic ring is 1. The zero-order valence-corrected chi connectivity index (χ0v) is 13.6. The predicted octanol–water partition coefficient (Wildman–Crippen LogP) is 2.05. The lowest BCUT2D eigenvalue weighted by atomic mass is 10.2. The van der Waals surface area contributed by atoms with E-state index in [1.54, 1.807) is 11.3 Å². The fourth-order valence-electron chi connectivity index (χ4n) is 2.84. The average molecular weight is 305 g/mol. The number of nitrogens with two attached hydrogens (primary N) is 1. The van der Waals surface area contributed by atoms with Gasteiger partial charge in [-0.25, -0.2) is 9.97 Å². The molecule has 5 nitrogen and oxygen atoms in total. The number of fused-ring (bicyclic) bond motifs is 1. The van der Waals surface area contributed by atoms with E-state index in [4.69, 9.17) is 5.73 Å². The Labute approximate surface area is 129 Å². The van der Waals surface area contributed by atoms with Crippen LogP contribution in [0.25, 0.3) is 10.2 Å². The maximum absolute atomic E-state index is 6.01. The van der Waals surface area contributed by atoms with Crippen molar-refractivity contribution in [3.05, 3.63) is 17.3 Å². The fraction of sp³-hybridized carbons (Fsp3) is 0.600. The van der Waals surface area contributed by atoms with E-state index in [0.29, 0.717) is 5.82 Å². The van der Waals surface area contributed by atoms with E-state index in [9.17, 15) is 0 Å². The van der Waals surface area contributed by atoms with Crippen LogP contribution < -0.4 is 5.73 Å². The summed E-state index contributed by atoms with van der Waals surface area (Å²) in [5.41, 5.74) is 6.01. The van der Waals surface area contributed by atoms with Gasteiger partial charge >= 0.3 is 0 Å². The monoisotopic (exact) mass is 305 g/mol. The van der Waals surface area contributed by atoms with Gasteiger partial charge in [0.2, 0.25) is 0 Å². The van der Waals surface area contributed by atoms with Crippen molar-refractivity contribution in [1.29, 1.82) is 0 Å². The van der Waals surface area contributed by atoms with E-state index in [1.165, 1.54) is 6.54 Å². The van der Waals surface area contributed by atoms with Crippen LogP contribution in [0.2, 0.25) is 0 Å². The number of nitrogens with zero attached hydrogens (tertiary/aromatic N) is 4. The number of piperazine rings is 1. The second-order valence-corrected chi connectivity index (χ2v) is 7.03. The summed E-state index contributed by atoms with van der Waals surface area (Å²) in [6.07, 6.45) is 0. The summed E-state index contributed by atoms with van der Waals surface area (Å²) in [6, 6.07) is 1.99. The zero-order valence-electron chi connectivity index (χ0n) is 12.7. The van der Waals surface area contributed by atoms with Gasteiger partial charge < -0.3 is 10.6 Å². The zero-order chi connectivity index (χ0) is 14.8. The molecule has 0 bridgehead atoms. The van der Waals surface area contributed by atoms with Crippen molar-refractivity contribution in [3.63, 3.8) is 0 Å². The highest BCUT2D eigenvalue weighted by atomic mass is 32.1. The van der Waals surface area contributed by atoms with E-state index < -0.39 is 0 Å². The van der Waals surface area contributed by atoms with Gasteiger partial charge in [-0.1, -0.05) is 13.8 Å². The number of hydrogen-bond acceptors (Lipinski definition) is 6. The first-order valence-electron chi connectivity index (χ1n) is 7.56. The number of hydrogen-bond donors (Lipinski definition) is 1. The van der Waals surface area contributed by atoms with Crippen LogP contribution >= 0.6 is 11.3 Å². The summed E-state index contributed by atoms with van der Waals surface area (Å²) in [5, 5.41) is 3.00. The molecule has 1 aliphatic heterocycles. The summed E-state index contributed by atoms with van der Waals surface area (Å²) >= 11 is 1.63. The molecule has 1 aliphatic rings. The van der Waals surface area contributed by atoms with Gasteiger partial charge in [-0.2, -0.15) is 0 Å². The van der Waals surface area contributed by atoms with Crippen molar-refractivity contribution in [1.82, 2.24) is 19.8 Å². The van der Waals surface area contributed by atoms with Gasteiger partial charge in [0, 0.05) is 32.7 Å². The van der Waals surface area contributed by atoms with E-state index in [0.717, 1.165) is 54.7 Å². The molecule has 0 radical (unpaired) electrons. The van der Waals surface area contributed by atoms with Crippen LogP contribution in [0.3, 0.4) is 0 Å². The molecule has 3 heterocycles. The Morgan fingerprint density at radius 3 is 2.62 bits per heavy atom. The lowest BCUT2D eigenvalue weighted by molar-refractivity contribution is 0.115. The smallest absolute Gasteiger partial charge is 0.146 e. The Kier molecular flexibility index (Phi) is 4.37. The second kappa shape index (κ2) is 6.25. The summed E-state index contributed by atoms with van der Waals surface area (Å²) < 4.78 is 0. The lowest BCUT2D eigenvalue weighted by Gasteiger charge is -2.35. The van der Waals surface area contributed by atoms with Crippen molar-refractivity contribution < 1.29 is 0 Å². The molecule has 0 atom stereocenters. The Morgan fingerprint density at radius 1 is 1.19 bits per heavy atom. The topological polar surface area (TPSA) is 58.3 Å². The van der Waals surface area contributed by atoms with Gasteiger partial charge in [0.05, 0.1) is 11.9 Å². The van der Waals surface area contributed by atoms with Crippen molar-refractivity contribution in [3.8, 4) is 0 Å². The van der Waals surface area contributed by atoms with Gasteiger partial charge in [0.1, 0.15) is 16.5 Å². The average Bonchev–Trinajstić information content (AvgIpc) is 2.89. The Bertz CT molecular complexity index is 601. The molecule has 0 aromatic carbocycles. The molecule has 3 rings (SSSR count). The fourth-order valence-corrected chi connectivity index (χ4v) is 3.63. The molecule has 6 heteroatoms. The normalized spacial score (nSPS) is 17.9. The molecule has 114 valence electrons. The molecule has 0 spiro atoms. The summed E-state index contributed by atoms with van der Waals surface area (Å²) in [6.45, 7) is 11.0. The van der Waals surface area contributed by atoms with Gasteiger partial charge in [0.15, 0.2) is 0 Å². The number of rotatable bonds is 4. The van der Waals surface area contributed by atoms with E-state index in [2.05, 4.69) is 33.6 Å². The lowest BCUT2D eigenvalue weighted by Crippen LogP contribution is -2.47. The number of anilines is 1. The van der Waals surface area contributed by atoms with E-state index in [-0.39, 0.29) is 0 Å². The third kappa shape index (κ3) is 3.51. The highest BCUT2D eigenvalue weighted by Crippen LogP contribution is 2.23. The van der Waals surface area contributed by atoms with Gasteiger partial charge in [-0.15, -0.1) is 11.3 Å². The minimum atomic E-state index is 0.606. The summed E-state index contributed by atoms with van der Waals surface area (Å²) in [7, 11) is 0. The molecular formula is C15H23N5S. The van der Waals surface area contributed by atoms with Crippen molar-refractivity contribution >= 4 is 27.4 Å². The molecule has 0 unspecified atom stereocenters. The van der Waals surface area contributed by atoms with Crippen molar-refractivity contribution in [2.75, 3.05) is 38.5 Å². The molecule has 0 amide bonds. The van der Waals surface area contributed by atoms with E-state index in [1.807, 2.05) is 11.4 Å². The first-order chi connectivity index (χ1) is 10.1. The van der Waals surface area contributed by atoms with Crippen LogP contribution in [-0.2, 0) is 6.54 Å². The van der Waals surface area contributed by atoms with Crippen LogP contribution in [-0.4, -0.2) is 52.5 Å². The van der Waals surface area contributed by atoms with Crippen LogP contribution in [0, 0.1) is 5.92 Å². The van der Waals surface area contributed by atoms with Crippen LogP contribution in [0.4, 0.5) is 5.82 Å². The Morgan fingerprint density at radius 2 is 1.90 bits per heavy atom. The molecule has 1 fully saturated rings. The highest BCUT2D eigenvalue weighted by Gasteiger charge is 2.18. The molecule has 0 saturated carbocycles. The number of aromatic nitrogens is 2. The van der Waals surface area contributed by atoms with Gasteiger partial charge in [0.25, 0.3) is 0 Å². The second-order valence-electron chi connectivity index (χ2n) is 6.14. The minimum Gasteiger partial charge on any atom is -0.383 e. The Balaban J connectivity index is 1.61. The molecule has 2 aromatic heterocycles. The van der Waals surface area contributed by atoms with E-state index >= 15 is 0 Å². The third-order valence-corrected chi connectivity index (χ3v) is 4.66. The third-order valence-electron chi connectivity index (χ3n) is 3.85.